The fourth-order valence-electron chi connectivity index (χ4n) is 5.11. The number of methoxy groups -OCH3 is 1. The molecule has 5 nitrogen and oxygen atoms in total. The zero-order valence-electron chi connectivity index (χ0n) is 19.3. The number of hydrogen-bond acceptors (Lipinski definition) is 4. The van der Waals surface area contributed by atoms with Crippen molar-refractivity contribution in [1.29, 1.82) is 0 Å². The van der Waals surface area contributed by atoms with E-state index in [1.165, 1.54) is 30.4 Å². The fourth-order valence-corrected chi connectivity index (χ4v) is 5.11. The lowest BCUT2D eigenvalue weighted by molar-refractivity contribution is -0.116. The molecule has 0 atom stereocenters. The number of benzene rings is 2. The van der Waals surface area contributed by atoms with Crippen molar-refractivity contribution in [2.45, 2.75) is 63.7 Å². The summed E-state index contributed by atoms with van der Waals surface area (Å²) in [4.78, 5) is 23.1. The fraction of sp³-hybridized carbons (Fsp3) is 0.393. The maximum Gasteiger partial charge on any atom is 0.225 e. The van der Waals surface area contributed by atoms with Gasteiger partial charge in [0, 0.05) is 17.9 Å². The van der Waals surface area contributed by atoms with Gasteiger partial charge in [-0.25, -0.2) is 9.97 Å². The van der Waals surface area contributed by atoms with Crippen LogP contribution in [-0.4, -0.2) is 23.0 Å². The second-order valence-corrected chi connectivity index (χ2v) is 9.14. The topological polar surface area (TPSA) is 64.1 Å². The molecule has 0 bridgehead atoms. The monoisotopic (exact) mass is 441 g/mol. The lowest BCUT2D eigenvalue weighted by Gasteiger charge is -2.26. The van der Waals surface area contributed by atoms with Gasteiger partial charge in [0.25, 0.3) is 0 Å². The minimum atomic E-state index is 0.00566. The Kier molecular flexibility index (Phi) is 6.38. The Labute approximate surface area is 195 Å². The van der Waals surface area contributed by atoms with Gasteiger partial charge in [-0.15, -0.1) is 0 Å². The van der Waals surface area contributed by atoms with Crippen molar-refractivity contribution < 1.29 is 9.53 Å². The molecule has 170 valence electrons. The summed E-state index contributed by atoms with van der Waals surface area (Å²) in [5.41, 5.74) is 6.48. The number of anilines is 1. The summed E-state index contributed by atoms with van der Waals surface area (Å²) in [6.07, 6.45) is 8.78. The minimum Gasteiger partial charge on any atom is -0.497 e. The van der Waals surface area contributed by atoms with Crippen molar-refractivity contribution >= 4 is 11.7 Å². The van der Waals surface area contributed by atoms with Gasteiger partial charge in [0.1, 0.15) is 5.75 Å². The van der Waals surface area contributed by atoms with E-state index in [0.717, 1.165) is 60.5 Å². The van der Waals surface area contributed by atoms with E-state index in [1.807, 2.05) is 24.3 Å². The quantitative estimate of drug-likeness (QED) is 0.520. The molecule has 1 fully saturated rings. The molecule has 5 rings (SSSR count). The van der Waals surface area contributed by atoms with Crippen LogP contribution in [0, 0.1) is 0 Å². The van der Waals surface area contributed by atoms with Gasteiger partial charge in [-0.05, 0) is 61.4 Å². The van der Waals surface area contributed by atoms with Crippen molar-refractivity contribution in [2.24, 2.45) is 0 Å². The maximum atomic E-state index is 12.9. The molecule has 1 amide bonds. The molecule has 0 unspecified atom stereocenters. The third-order valence-electron chi connectivity index (χ3n) is 6.93. The highest BCUT2D eigenvalue weighted by Crippen LogP contribution is 2.39. The molecule has 0 saturated heterocycles. The van der Waals surface area contributed by atoms with Crippen LogP contribution >= 0.6 is 0 Å². The van der Waals surface area contributed by atoms with E-state index in [9.17, 15) is 4.79 Å². The lowest BCUT2D eigenvalue weighted by atomic mass is 9.85. The van der Waals surface area contributed by atoms with Crippen LogP contribution in [0.25, 0.3) is 11.3 Å². The number of aromatic nitrogens is 2. The normalized spacial score (nSPS) is 15.4. The predicted octanol–water partition coefficient (Wildman–Crippen LogP) is 5.87. The molecule has 2 aliphatic rings. The number of amides is 1. The van der Waals surface area contributed by atoms with Crippen LogP contribution in [0.1, 0.15) is 67.0 Å². The Morgan fingerprint density at radius 3 is 2.64 bits per heavy atom. The standard InChI is InChI=1S/C28H31N3O2/c1-33-22-14-15-23-21(18-22)13-16-24-27(23)31-26(20-10-6-3-7-11-20)28(29-24)30-25(32)17-12-19-8-4-2-5-9-19/h2,4-5,8-9,14-15,18,20H,3,6-7,10-13,16-17H2,1H3,(H,29,30,32). The largest absolute Gasteiger partial charge is 0.497 e. The second kappa shape index (κ2) is 9.74. The third kappa shape index (κ3) is 4.77. The number of carbonyl (C=O) groups is 1. The van der Waals surface area contributed by atoms with Gasteiger partial charge >= 0.3 is 0 Å². The van der Waals surface area contributed by atoms with Gasteiger partial charge in [-0.1, -0.05) is 49.6 Å². The molecule has 0 aliphatic heterocycles. The van der Waals surface area contributed by atoms with Crippen LogP contribution in [0.2, 0.25) is 0 Å². The number of ether oxygens (including phenoxy) is 1. The van der Waals surface area contributed by atoms with Crippen molar-refractivity contribution in [2.75, 3.05) is 12.4 Å². The van der Waals surface area contributed by atoms with E-state index in [0.29, 0.717) is 18.2 Å². The van der Waals surface area contributed by atoms with Crippen LogP contribution in [0.4, 0.5) is 5.82 Å². The Morgan fingerprint density at radius 1 is 1.03 bits per heavy atom. The van der Waals surface area contributed by atoms with Crippen molar-refractivity contribution in [3.8, 4) is 17.0 Å². The van der Waals surface area contributed by atoms with Crippen LogP contribution in [0.15, 0.2) is 48.5 Å². The molecule has 3 aromatic rings. The summed E-state index contributed by atoms with van der Waals surface area (Å²) in [6, 6.07) is 16.3. The molecule has 1 N–H and O–H groups in total. The summed E-state index contributed by atoms with van der Waals surface area (Å²) in [6.45, 7) is 0. The second-order valence-electron chi connectivity index (χ2n) is 9.14. The first-order valence-corrected chi connectivity index (χ1v) is 12.1. The first-order valence-electron chi connectivity index (χ1n) is 12.1. The molecular formula is C28H31N3O2. The van der Waals surface area contributed by atoms with Crippen LogP contribution in [-0.2, 0) is 24.1 Å². The predicted molar refractivity (Wildman–Crippen MR) is 131 cm³/mol. The SMILES string of the molecule is COc1ccc2c(c1)CCc1nc(NC(=O)CCc3ccccc3)c(C3CCCCC3)nc1-2. The van der Waals surface area contributed by atoms with E-state index in [-0.39, 0.29) is 5.91 Å². The van der Waals surface area contributed by atoms with Crippen molar-refractivity contribution in [3.63, 3.8) is 0 Å². The number of nitrogens with zero attached hydrogens (tertiary/aromatic N) is 2. The number of nitrogens with one attached hydrogen (secondary N) is 1. The van der Waals surface area contributed by atoms with E-state index in [2.05, 4.69) is 29.6 Å². The average Bonchev–Trinajstić information content (AvgIpc) is 2.87. The van der Waals surface area contributed by atoms with Crippen LogP contribution in [0.3, 0.4) is 0 Å². The summed E-state index contributed by atoms with van der Waals surface area (Å²) < 4.78 is 5.42. The van der Waals surface area contributed by atoms with E-state index in [4.69, 9.17) is 14.7 Å². The van der Waals surface area contributed by atoms with E-state index < -0.39 is 0 Å². The Morgan fingerprint density at radius 2 is 1.85 bits per heavy atom. The van der Waals surface area contributed by atoms with Crippen LogP contribution in [0.5, 0.6) is 5.75 Å². The van der Waals surface area contributed by atoms with Gasteiger partial charge in [0.2, 0.25) is 5.91 Å². The summed E-state index contributed by atoms with van der Waals surface area (Å²) in [5.74, 6) is 1.91. The number of carbonyl (C=O) groups excluding carboxylic acids is 1. The average molecular weight is 442 g/mol. The van der Waals surface area contributed by atoms with Gasteiger partial charge in [0.05, 0.1) is 24.2 Å². The third-order valence-corrected chi connectivity index (χ3v) is 6.93. The van der Waals surface area contributed by atoms with E-state index >= 15 is 0 Å². The summed E-state index contributed by atoms with van der Waals surface area (Å²) in [5, 5.41) is 3.14. The number of fused-ring (bicyclic) bond motifs is 3. The lowest BCUT2D eigenvalue weighted by Crippen LogP contribution is -2.20. The molecule has 1 heterocycles. The van der Waals surface area contributed by atoms with E-state index in [1.54, 1.807) is 7.11 Å². The molecule has 2 aliphatic carbocycles. The van der Waals surface area contributed by atoms with Gasteiger partial charge < -0.3 is 10.1 Å². The highest BCUT2D eigenvalue weighted by Gasteiger charge is 2.27. The maximum absolute atomic E-state index is 12.9. The Hall–Kier alpha value is -3.21. The summed E-state index contributed by atoms with van der Waals surface area (Å²) in [7, 11) is 1.70. The zero-order chi connectivity index (χ0) is 22.6. The molecule has 2 aromatic carbocycles. The number of hydrogen-bond donors (Lipinski definition) is 1. The minimum absolute atomic E-state index is 0.00566. The first kappa shape index (κ1) is 21.6. The highest BCUT2D eigenvalue weighted by molar-refractivity contribution is 5.90. The smallest absolute Gasteiger partial charge is 0.225 e. The molecule has 1 saturated carbocycles. The molecule has 1 aromatic heterocycles. The van der Waals surface area contributed by atoms with Crippen molar-refractivity contribution in [3.05, 3.63) is 71.0 Å². The van der Waals surface area contributed by atoms with Crippen LogP contribution < -0.4 is 10.1 Å². The number of aryl methyl sites for hydroxylation is 3. The summed E-state index contributed by atoms with van der Waals surface area (Å²) >= 11 is 0. The van der Waals surface area contributed by atoms with Gasteiger partial charge in [0.15, 0.2) is 5.82 Å². The highest BCUT2D eigenvalue weighted by atomic mass is 16.5. The molecule has 33 heavy (non-hydrogen) atoms. The zero-order valence-corrected chi connectivity index (χ0v) is 19.3. The Bertz CT molecular complexity index is 1140. The Balaban J connectivity index is 1.45. The van der Waals surface area contributed by atoms with Gasteiger partial charge in [-0.2, -0.15) is 0 Å². The molecule has 0 spiro atoms. The van der Waals surface area contributed by atoms with Gasteiger partial charge in [-0.3, -0.25) is 4.79 Å². The first-order chi connectivity index (χ1) is 16.2. The molecule has 5 heteroatoms. The molecular weight excluding hydrogens is 410 g/mol. The molecule has 0 radical (unpaired) electrons. The van der Waals surface area contributed by atoms with Crippen molar-refractivity contribution in [1.82, 2.24) is 9.97 Å². The number of rotatable bonds is 6.